The minimum Gasteiger partial charge on any atom is -0.449 e. The molecule has 6 heteroatoms. The molecule has 1 heterocycles. The summed E-state index contributed by atoms with van der Waals surface area (Å²) >= 11 is 0. The summed E-state index contributed by atoms with van der Waals surface area (Å²) in [6.45, 7) is 6.75. The standard InChI is InChI=1S/C19H19NO5/c1-4-11-20-18(22)13(3)24-19(23)17-10-9-16(25-17)15-7-5-14(6-8-15)12(2)21/h4-10,13H,1,11H2,2-3H3,(H,20,22)/t13-/m0/s1. The fourth-order valence-corrected chi connectivity index (χ4v) is 2.06. The molecule has 1 N–H and O–H groups in total. The summed E-state index contributed by atoms with van der Waals surface area (Å²) in [5.41, 5.74) is 1.31. The van der Waals surface area contributed by atoms with Gasteiger partial charge in [0.25, 0.3) is 5.91 Å². The molecule has 2 rings (SSSR count). The van der Waals surface area contributed by atoms with Crippen molar-refractivity contribution in [3.05, 3.63) is 60.4 Å². The fourth-order valence-electron chi connectivity index (χ4n) is 2.06. The Hall–Kier alpha value is -3.15. The summed E-state index contributed by atoms with van der Waals surface area (Å²) in [5, 5.41) is 2.54. The van der Waals surface area contributed by atoms with Crippen molar-refractivity contribution >= 4 is 17.7 Å². The van der Waals surface area contributed by atoms with E-state index in [0.717, 1.165) is 5.56 Å². The van der Waals surface area contributed by atoms with E-state index in [2.05, 4.69) is 11.9 Å². The number of esters is 1. The maximum Gasteiger partial charge on any atom is 0.375 e. The molecule has 130 valence electrons. The van der Waals surface area contributed by atoms with Gasteiger partial charge in [0.2, 0.25) is 5.76 Å². The van der Waals surface area contributed by atoms with E-state index < -0.39 is 18.0 Å². The van der Waals surface area contributed by atoms with Gasteiger partial charge in [-0.1, -0.05) is 30.3 Å². The van der Waals surface area contributed by atoms with E-state index in [9.17, 15) is 14.4 Å². The highest BCUT2D eigenvalue weighted by Crippen LogP contribution is 2.23. The van der Waals surface area contributed by atoms with Crippen LogP contribution >= 0.6 is 0 Å². The third-order valence-electron chi connectivity index (χ3n) is 3.46. The molecule has 0 aliphatic rings. The van der Waals surface area contributed by atoms with Crippen molar-refractivity contribution in [3.63, 3.8) is 0 Å². The van der Waals surface area contributed by atoms with Crippen LogP contribution in [0.5, 0.6) is 0 Å². The fraction of sp³-hybridized carbons (Fsp3) is 0.211. The van der Waals surface area contributed by atoms with E-state index in [4.69, 9.17) is 9.15 Å². The van der Waals surface area contributed by atoms with Gasteiger partial charge in [-0.15, -0.1) is 6.58 Å². The predicted molar refractivity (Wildman–Crippen MR) is 92.2 cm³/mol. The Balaban J connectivity index is 2.04. The normalized spacial score (nSPS) is 11.4. The van der Waals surface area contributed by atoms with Gasteiger partial charge < -0.3 is 14.5 Å². The molecule has 0 aliphatic heterocycles. The van der Waals surface area contributed by atoms with Gasteiger partial charge in [-0.2, -0.15) is 0 Å². The first-order valence-electron chi connectivity index (χ1n) is 7.73. The van der Waals surface area contributed by atoms with Gasteiger partial charge >= 0.3 is 5.97 Å². The van der Waals surface area contributed by atoms with Gasteiger partial charge in [0.05, 0.1) is 0 Å². The largest absolute Gasteiger partial charge is 0.449 e. The topological polar surface area (TPSA) is 85.6 Å². The maximum atomic E-state index is 12.1. The summed E-state index contributed by atoms with van der Waals surface area (Å²) < 4.78 is 10.6. The summed E-state index contributed by atoms with van der Waals surface area (Å²) in [5.74, 6) is -0.716. The molecule has 1 amide bonds. The average Bonchev–Trinajstić information content (AvgIpc) is 3.09. The van der Waals surface area contributed by atoms with Crippen LogP contribution < -0.4 is 5.32 Å². The molecular formula is C19H19NO5. The van der Waals surface area contributed by atoms with Gasteiger partial charge in [0, 0.05) is 17.7 Å². The Kier molecular flexibility index (Phi) is 5.89. The number of furan rings is 1. The molecule has 25 heavy (non-hydrogen) atoms. The van der Waals surface area contributed by atoms with Crippen LogP contribution in [0.25, 0.3) is 11.3 Å². The second-order valence-electron chi connectivity index (χ2n) is 5.38. The first-order chi connectivity index (χ1) is 11.9. The minimum atomic E-state index is -0.948. The van der Waals surface area contributed by atoms with Crippen molar-refractivity contribution in [3.8, 4) is 11.3 Å². The number of hydrogen-bond donors (Lipinski definition) is 1. The SMILES string of the molecule is C=CCNC(=O)[C@H](C)OC(=O)c1ccc(-c2ccc(C(C)=O)cc2)o1. The molecule has 1 aromatic carbocycles. The van der Waals surface area contributed by atoms with E-state index in [1.54, 1.807) is 30.3 Å². The average molecular weight is 341 g/mol. The molecule has 0 bridgehead atoms. The maximum absolute atomic E-state index is 12.1. The number of nitrogens with one attached hydrogen (secondary N) is 1. The van der Waals surface area contributed by atoms with Crippen LogP contribution in [0, 0.1) is 0 Å². The lowest BCUT2D eigenvalue weighted by Crippen LogP contribution is -2.35. The van der Waals surface area contributed by atoms with E-state index >= 15 is 0 Å². The molecule has 0 unspecified atom stereocenters. The van der Waals surface area contributed by atoms with E-state index in [1.165, 1.54) is 26.0 Å². The van der Waals surface area contributed by atoms with Crippen LogP contribution in [0.4, 0.5) is 0 Å². The third-order valence-corrected chi connectivity index (χ3v) is 3.46. The number of carbonyl (C=O) groups excluding carboxylic acids is 3. The van der Waals surface area contributed by atoms with Crippen LogP contribution in [0.1, 0.15) is 34.8 Å². The number of benzene rings is 1. The number of hydrogen-bond acceptors (Lipinski definition) is 5. The zero-order valence-corrected chi connectivity index (χ0v) is 14.1. The third kappa shape index (κ3) is 4.67. The van der Waals surface area contributed by atoms with Crippen LogP contribution in [-0.2, 0) is 9.53 Å². The molecule has 0 spiro atoms. The van der Waals surface area contributed by atoms with Crippen molar-refractivity contribution in [2.75, 3.05) is 6.54 Å². The summed E-state index contributed by atoms with van der Waals surface area (Å²) in [7, 11) is 0. The molecule has 0 saturated carbocycles. The molecule has 0 radical (unpaired) electrons. The lowest BCUT2D eigenvalue weighted by molar-refractivity contribution is -0.128. The zero-order valence-electron chi connectivity index (χ0n) is 14.1. The quantitative estimate of drug-likeness (QED) is 0.475. The summed E-state index contributed by atoms with van der Waals surface area (Å²) in [6, 6.07) is 9.94. The highest BCUT2D eigenvalue weighted by Gasteiger charge is 2.21. The van der Waals surface area contributed by atoms with Crippen molar-refractivity contribution in [2.24, 2.45) is 0 Å². The first-order valence-corrected chi connectivity index (χ1v) is 7.73. The molecule has 0 fully saturated rings. The summed E-state index contributed by atoms with van der Waals surface area (Å²) in [6.07, 6.45) is 0.582. The molecule has 2 aromatic rings. The second-order valence-corrected chi connectivity index (χ2v) is 5.38. The first kappa shape index (κ1) is 18.2. The molecule has 6 nitrogen and oxygen atoms in total. The Morgan fingerprint density at radius 1 is 1.20 bits per heavy atom. The van der Waals surface area contributed by atoms with E-state index in [-0.39, 0.29) is 11.5 Å². The van der Waals surface area contributed by atoms with Crippen molar-refractivity contribution in [2.45, 2.75) is 20.0 Å². The minimum absolute atomic E-state index is 0.00554. The number of Topliss-reactive ketones (excluding diaryl/α,β-unsaturated/α-hetero) is 1. The van der Waals surface area contributed by atoms with Crippen LogP contribution in [0.3, 0.4) is 0 Å². The smallest absolute Gasteiger partial charge is 0.375 e. The number of ketones is 1. The molecule has 0 saturated heterocycles. The van der Waals surface area contributed by atoms with Crippen molar-refractivity contribution < 1.29 is 23.5 Å². The Morgan fingerprint density at radius 3 is 2.48 bits per heavy atom. The van der Waals surface area contributed by atoms with E-state index in [0.29, 0.717) is 17.9 Å². The number of carbonyl (C=O) groups is 3. The number of ether oxygens (including phenoxy) is 1. The zero-order chi connectivity index (χ0) is 18.4. The Bertz CT molecular complexity index is 788. The second kappa shape index (κ2) is 8.10. The van der Waals surface area contributed by atoms with Crippen LogP contribution in [0.2, 0.25) is 0 Å². The van der Waals surface area contributed by atoms with E-state index in [1.807, 2.05) is 0 Å². The van der Waals surface area contributed by atoms with Crippen molar-refractivity contribution in [1.82, 2.24) is 5.32 Å². The summed E-state index contributed by atoms with van der Waals surface area (Å²) in [4.78, 5) is 35.0. The Labute approximate surface area is 145 Å². The predicted octanol–water partition coefficient (Wildman–Crippen LogP) is 3.00. The number of amides is 1. The lowest BCUT2D eigenvalue weighted by Gasteiger charge is -2.11. The van der Waals surface area contributed by atoms with Gasteiger partial charge in [0.15, 0.2) is 11.9 Å². The highest BCUT2D eigenvalue weighted by atomic mass is 16.6. The molecule has 0 aliphatic carbocycles. The monoisotopic (exact) mass is 341 g/mol. The van der Waals surface area contributed by atoms with Gasteiger partial charge in [-0.3, -0.25) is 9.59 Å². The Morgan fingerprint density at radius 2 is 1.88 bits per heavy atom. The molecule has 1 aromatic heterocycles. The van der Waals surface area contributed by atoms with Crippen molar-refractivity contribution in [1.29, 1.82) is 0 Å². The highest BCUT2D eigenvalue weighted by molar-refractivity contribution is 5.94. The molecular weight excluding hydrogens is 322 g/mol. The van der Waals surface area contributed by atoms with Gasteiger partial charge in [0.1, 0.15) is 5.76 Å². The molecule has 1 atom stereocenters. The number of rotatable bonds is 7. The lowest BCUT2D eigenvalue weighted by atomic mass is 10.1. The van der Waals surface area contributed by atoms with Crippen LogP contribution in [-0.4, -0.2) is 30.3 Å². The van der Waals surface area contributed by atoms with Gasteiger partial charge in [-0.25, -0.2) is 4.79 Å². The van der Waals surface area contributed by atoms with Gasteiger partial charge in [-0.05, 0) is 26.0 Å². The van der Waals surface area contributed by atoms with Crippen LogP contribution in [0.15, 0.2) is 53.5 Å².